The van der Waals surface area contributed by atoms with E-state index < -0.39 is 0 Å². The van der Waals surface area contributed by atoms with Gasteiger partial charge in [0.05, 0.1) is 6.21 Å². The van der Waals surface area contributed by atoms with Crippen LogP contribution in [0, 0.1) is 0 Å². The van der Waals surface area contributed by atoms with Crippen molar-refractivity contribution in [2.24, 2.45) is 5.10 Å². The van der Waals surface area contributed by atoms with E-state index in [1.807, 2.05) is 36.4 Å². The SMILES string of the molecule is Brc1ccccc1-c1ccc(/C=N\Nc2nn[nH]n2)o1. The van der Waals surface area contributed by atoms with E-state index in [0.717, 1.165) is 15.8 Å². The fraction of sp³-hybridized carbons (Fsp3) is 0. The Morgan fingerprint density at radius 2 is 2.15 bits per heavy atom. The van der Waals surface area contributed by atoms with Crippen molar-refractivity contribution in [2.45, 2.75) is 0 Å². The zero-order valence-electron chi connectivity index (χ0n) is 10.1. The molecule has 3 aromatic rings. The summed E-state index contributed by atoms with van der Waals surface area (Å²) in [6, 6.07) is 11.6. The van der Waals surface area contributed by atoms with Crippen LogP contribution < -0.4 is 5.43 Å². The molecule has 2 aromatic heterocycles. The number of nitrogens with zero attached hydrogens (tertiary/aromatic N) is 4. The van der Waals surface area contributed by atoms with E-state index in [9.17, 15) is 0 Å². The quantitative estimate of drug-likeness (QED) is 0.566. The molecule has 2 heterocycles. The number of hydrogen-bond donors (Lipinski definition) is 2. The van der Waals surface area contributed by atoms with Gasteiger partial charge in [0, 0.05) is 10.0 Å². The molecule has 20 heavy (non-hydrogen) atoms. The molecule has 0 radical (unpaired) electrons. The van der Waals surface area contributed by atoms with Crippen LogP contribution in [0.4, 0.5) is 5.95 Å². The summed E-state index contributed by atoms with van der Waals surface area (Å²) in [5.41, 5.74) is 3.60. The minimum absolute atomic E-state index is 0.291. The molecule has 0 aliphatic heterocycles. The highest BCUT2D eigenvalue weighted by atomic mass is 79.9. The highest BCUT2D eigenvalue weighted by molar-refractivity contribution is 9.10. The predicted octanol–water partition coefficient (Wildman–Crippen LogP) is 2.67. The van der Waals surface area contributed by atoms with Gasteiger partial charge in [-0.2, -0.15) is 10.3 Å². The van der Waals surface area contributed by atoms with Crippen LogP contribution in [0.25, 0.3) is 11.3 Å². The van der Waals surface area contributed by atoms with Crippen LogP contribution in [0.15, 0.2) is 50.4 Å². The Labute approximate surface area is 122 Å². The Bertz CT molecular complexity index is 721. The molecule has 0 saturated carbocycles. The topological polar surface area (TPSA) is 92.0 Å². The number of anilines is 1. The number of benzene rings is 1. The van der Waals surface area contributed by atoms with Crippen LogP contribution in [-0.4, -0.2) is 26.8 Å². The van der Waals surface area contributed by atoms with E-state index in [1.165, 1.54) is 6.21 Å². The van der Waals surface area contributed by atoms with Crippen LogP contribution in [0.1, 0.15) is 5.76 Å². The van der Waals surface area contributed by atoms with Crippen LogP contribution in [-0.2, 0) is 0 Å². The van der Waals surface area contributed by atoms with Crippen LogP contribution in [0.2, 0.25) is 0 Å². The smallest absolute Gasteiger partial charge is 0.283 e. The normalized spacial score (nSPS) is 11.1. The maximum absolute atomic E-state index is 5.69. The number of tetrazole rings is 1. The van der Waals surface area contributed by atoms with Gasteiger partial charge in [-0.1, -0.05) is 39.2 Å². The van der Waals surface area contributed by atoms with Gasteiger partial charge in [-0.05, 0) is 23.4 Å². The summed E-state index contributed by atoms with van der Waals surface area (Å²) in [4.78, 5) is 0. The van der Waals surface area contributed by atoms with Crippen molar-refractivity contribution in [1.82, 2.24) is 20.6 Å². The van der Waals surface area contributed by atoms with Crippen molar-refractivity contribution < 1.29 is 4.42 Å². The predicted molar refractivity (Wildman–Crippen MR) is 77.2 cm³/mol. The molecule has 0 unspecified atom stereocenters. The third-order valence-corrected chi connectivity index (χ3v) is 3.16. The van der Waals surface area contributed by atoms with Gasteiger partial charge in [-0.15, -0.1) is 5.10 Å². The highest BCUT2D eigenvalue weighted by Gasteiger charge is 2.06. The second-order valence-electron chi connectivity index (χ2n) is 3.79. The lowest BCUT2D eigenvalue weighted by molar-refractivity contribution is 0.574. The first-order chi connectivity index (χ1) is 9.83. The molecule has 0 amide bonds. The summed E-state index contributed by atoms with van der Waals surface area (Å²) in [7, 11) is 0. The largest absolute Gasteiger partial charge is 0.455 e. The maximum Gasteiger partial charge on any atom is 0.283 e. The lowest BCUT2D eigenvalue weighted by Crippen LogP contribution is -1.91. The van der Waals surface area contributed by atoms with E-state index in [2.05, 4.69) is 47.1 Å². The van der Waals surface area contributed by atoms with E-state index in [-0.39, 0.29) is 0 Å². The molecule has 3 rings (SSSR count). The molecule has 0 spiro atoms. The van der Waals surface area contributed by atoms with Crippen molar-refractivity contribution in [3.8, 4) is 11.3 Å². The average Bonchev–Trinajstić information content (AvgIpc) is 3.11. The van der Waals surface area contributed by atoms with Crippen molar-refractivity contribution in [2.75, 3.05) is 5.43 Å². The van der Waals surface area contributed by atoms with E-state index in [1.54, 1.807) is 0 Å². The second kappa shape index (κ2) is 5.66. The molecule has 0 bridgehead atoms. The summed E-state index contributed by atoms with van der Waals surface area (Å²) in [6.07, 6.45) is 1.54. The number of aromatic amines is 1. The van der Waals surface area contributed by atoms with Gasteiger partial charge in [-0.3, -0.25) is 0 Å². The standard InChI is InChI=1S/C12H9BrN6O/c13-10-4-2-1-3-9(10)11-6-5-8(20-11)7-14-15-12-16-18-19-17-12/h1-7H,(H2,15,16,17,18,19)/b14-7-. The fourth-order valence-corrected chi connectivity index (χ4v) is 2.07. The highest BCUT2D eigenvalue weighted by Crippen LogP contribution is 2.28. The molecule has 2 N–H and O–H groups in total. The molecular formula is C12H9BrN6O. The zero-order valence-corrected chi connectivity index (χ0v) is 11.7. The molecule has 0 fully saturated rings. The van der Waals surface area contributed by atoms with Gasteiger partial charge >= 0.3 is 0 Å². The summed E-state index contributed by atoms with van der Waals surface area (Å²) < 4.78 is 6.66. The molecule has 1 aromatic carbocycles. The molecule has 0 atom stereocenters. The van der Waals surface area contributed by atoms with Gasteiger partial charge in [0.2, 0.25) is 0 Å². The van der Waals surface area contributed by atoms with Gasteiger partial charge < -0.3 is 4.42 Å². The minimum Gasteiger partial charge on any atom is -0.455 e. The van der Waals surface area contributed by atoms with Gasteiger partial charge in [-0.25, -0.2) is 5.43 Å². The van der Waals surface area contributed by atoms with Crippen LogP contribution in [0.3, 0.4) is 0 Å². The molecule has 8 heteroatoms. The Balaban J connectivity index is 1.74. The Kier molecular flexibility index (Phi) is 3.55. The van der Waals surface area contributed by atoms with Gasteiger partial charge in [0.1, 0.15) is 11.5 Å². The van der Waals surface area contributed by atoms with Crippen LogP contribution >= 0.6 is 15.9 Å². The Hall–Kier alpha value is -2.48. The number of H-pyrrole nitrogens is 1. The zero-order chi connectivity index (χ0) is 13.8. The summed E-state index contributed by atoms with van der Waals surface area (Å²) >= 11 is 3.49. The van der Waals surface area contributed by atoms with Gasteiger partial charge in [0.25, 0.3) is 5.95 Å². The number of nitrogens with one attached hydrogen (secondary N) is 2. The van der Waals surface area contributed by atoms with Crippen molar-refractivity contribution >= 4 is 28.1 Å². The second-order valence-corrected chi connectivity index (χ2v) is 4.64. The number of furan rings is 1. The van der Waals surface area contributed by atoms with E-state index in [4.69, 9.17) is 4.42 Å². The third-order valence-electron chi connectivity index (χ3n) is 2.47. The summed E-state index contributed by atoms with van der Waals surface area (Å²) in [6.45, 7) is 0. The van der Waals surface area contributed by atoms with Gasteiger partial charge in [0.15, 0.2) is 0 Å². The van der Waals surface area contributed by atoms with E-state index >= 15 is 0 Å². The number of hydrazone groups is 1. The molecule has 7 nitrogen and oxygen atoms in total. The Morgan fingerprint density at radius 1 is 1.25 bits per heavy atom. The molecular weight excluding hydrogens is 324 g/mol. The number of halogens is 1. The lowest BCUT2D eigenvalue weighted by Gasteiger charge is -1.99. The molecule has 100 valence electrons. The third kappa shape index (κ3) is 2.75. The molecule has 0 saturated heterocycles. The first-order valence-electron chi connectivity index (χ1n) is 5.70. The number of rotatable bonds is 4. The minimum atomic E-state index is 0.291. The summed E-state index contributed by atoms with van der Waals surface area (Å²) in [5, 5.41) is 17.1. The van der Waals surface area contributed by atoms with Crippen molar-refractivity contribution in [3.63, 3.8) is 0 Å². The van der Waals surface area contributed by atoms with Crippen molar-refractivity contribution in [1.29, 1.82) is 0 Å². The monoisotopic (exact) mass is 332 g/mol. The first-order valence-corrected chi connectivity index (χ1v) is 6.49. The number of aromatic nitrogens is 4. The first kappa shape index (κ1) is 12.5. The lowest BCUT2D eigenvalue weighted by atomic mass is 10.2. The van der Waals surface area contributed by atoms with E-state index in [0.29, 0.717) is 11.7 Å². The van der Waals surface area contributed by atoms with Crippen LogP contribution in [0.5, 0.6) is 0 Å². The Morgan fingerprint density at radius 3 is 2.95 bits per heavy atom. The fourth-order valence-electron chi connectivity index (χ4n) is 1.59. The summed E-state index contributed by atoms with van der Waals surface area (Å²) in [5.74, 6) is 1.67. The number of hydrogen-bond acceptors (Lipinski definition) is 6. The molecule has 0 aliphatic rings. The molecule has 0 aliphatic carbocycles. The average molecular weight is 333 g/mol. The maximum atomic E-state index is 5.69. The van der Waals surface area contributed by atoms with Crippen molar-refractivity contribution in [3.05, 3.63) is 46.6 Å².